The Kier molecular flexibility index (Phi) is 4.13. The van der Waals surface area contributed by atoms with Crippen molar-refractivity contribution < 1.29 is 4.39 Å². The van der Waals surface area contributed by atoms with E-state index >= 15 is 0 Å². The summed E-state index contributed by atoms with van der Waals surface area (Å²) in [5.41, 5.74) is 1.13. The number of hydrogen-bond donors (Lipinski definition) is 1. The van der Waals surface area contributed by atoms with Gasteiger partial charge in [0.1, 0.15) is 11.5 Å². The van der Waals surface area contributed by atoms with Crippen LogP contribution in [-0.4, -0.2) is 9.38 Å². The first kappa shape index (κ1) is 15.0. The SMILES string of the molecule is O=c1cc(CNc2ccc(Br)cc2F)nc2ccc(Cl)cn12. The topological polar surface area (TPSA) is 46.4 Å². The van der Waals surface area contributed by atoms with Crippen LogP contribution in [0.1, 0.15) is 5.69 Å². The predicted molar refractivity (Wildman–Crippen MR) is 87.9 cm³/mol. The van der Waals surface area contributed by atoms with Crippen molar-refractivity contribution in [2.24, 2.45) is 0 Å². The van der Waals surface area contributed by atoms with Crippen LogP contribution in [0, 0.1) is 5.82 Å². The molecule has 0 radical (unpaired) electrons. The summed E-state index contributed by atoms with van der Waals surface area (Å²) in [6.07, 6.45) is 1.51. The molecule has 0 fully saturated rings. The third-order valence-electron chi connectivity index (χ3n) is 3.07. The first-order chi connectivity index (χ1) is 10.5. The average molecular weight is 383 g/mol. The average Bonchev–Trinajstić information content (AvgIpc) is 2.47. The Balaban J connectivity index is 1.88. The van der Waals surface area contributed by atoms with Crippen LogP contribution in [0.3, 0.4) is 0 Å². The van der Waals surface area contributed by atoms with Crippen LogP contribution in [0.15, 0.2) is 51.9 Å². The molecule has 0 amide bonds. The molecule has 7 heteroatoms. The summed E-state index contributed by atoms with van der Waals surface area (Å²) in [7, 11) is 0. The molecule has 2 heterocycles. The minimum absolute atomic E-state index is 0.236. The van der Waals surface area contributed by atoms with Crippen LogP contribution in [0.25, 0.3) is 5.65 Å². The van der Waals surface area contributed by atoms with E-state index in [-0.39, 0.29) is 17.9 Å². The Morgan fingerprint density at radius 1 is 1.27 bits per heavy atom. The number of pyridine rings is 1. The van der Waals surface area contributed by atoms with Crippen molar-refractivity contribution in [2.45, 2.75) is 6.54 Å². The van der Waals surface area contributed by atoms with E-state index in [9.17, 15) is 9.18 Å². The fourth-order valence-corrected chi connectivity index (χ4v) is 2.53. The zero-order chi connectivity index (χ0) is 15.7. The number of anilines is 1. The molecule has 3 aromatic rings. The Bertz CT molecular complexity index is 913. The lowest BCUT2D eigenvalue weighted by molar-refractivity contribution is 0.629. The van der Waals surface area contributed by atoms with Crippen LogP contribution in [-0.2, 0) is 6.54 Å². The van der Waals surface area contributed by atoms with Crippen LogP contribution in [0.2, 0.25) is 5.02 Å². The summed E-state index contributed by atoms with van der Waals surface area (Å²) in [4.78, 5) is 16.4. The summed E-state index contributed by atoms with van der Waals surface area (Å²) in [6, 6.07) is 9.44. The number of aromatic nitrogens is 2. The molecule has 0 bridgehead atoms. The van der Waals surface area contributed by atoms with Gasteiger partial charge in [-0.1, -0.05) is 27.5 Å². The van der Waals surface area contributed by atoms with Crippen molar-refractivity contribution in [2.75, 3.05) is 5.32 Å². The number of hydrogen-bond acceptors (Lipinski definition) is 3. The molecule has 1 N–H and O–H groups in total. The molecule has 0 aliphatic carbocycles. The van der Waals surface area contributed by atoms with Crippen molar-refractivity contribution in [3.8, 4) is 0 Å². The first-order valence-corrected chi connectivity index (χ1v) is 7.57. The van der Waals surface area contributed by atoms with Crippen molar-refractivity contribution >= 4 is 38.9 Å². The lowest BCUT2D eigenvalue weighted by Crippen LogP contribution is -2.16. The zero-order valence-corrected chi connectivity index (χ0v) is 13.5. The molecule has 0 aliphatic heterocycles. The van der Waals surface area contributed by atoms with Gasteiger partial charge in [-0.05, 0) is 30.3 Å². The highest BCUT2D eigenvalue weighted by molar-refractivity contribution is 9.10. The smallest absolute Gasteiger partial charge is 0.258 e. The Morgan fingerprint density at radius 2 is 2.09 bits per heavy atom. The van der Waals surface area contributed by atoms with Gasteiger partial charge in [0.25, 0.3) is 5.56 Å². The fourth-order valence-electron chi connectivity index (χ4n) is 2.04. The van der Waals surface area contributed by atoms with Gasteiger partial charge in [-0.3, -0.25) is 9.20 Å². The Labute approximate surface area is 138 Å². The van der Waals surface area contributed by atoms with Gasteiger partial charge in [0.05, 0.1) is 22.9 Å². The van der Waals surface area contributed by atoms with Gasteiger partial charge in [0.2, 0.25) is 0 Å². The number of halogens is 3. The van der Waals surface area contributed by atoms with Gasteiger partial charge in [0, 0.05) is 16.7 Å². The number of nitrogens with zero attached hydrogens (tertiary/aromatic N) is 2. The Morgan fingerprint density at radius 3 is 2.86 bits per heavy atom. The highest BCUT2D eigenvalue weighted by Gasteiger charge is 2.06. The fraction of sp³-hybridized carbons (Fsp3) is 0.0667. The molecule has 22 heavy (non-hydrogen) atoms. The van der Waals surface area contributed by atoms with Crippen molar-refractivity contribution in [1.82, 2.24) is 9.38 Å². The van der Waals surface area contributed by atoms with Gasteiger partial charge in [0.15, 0.2) is 0 Å². The molecule has 0 saturated carbocycles. The van der Waals surface area contributed by atoms with Crippen LogP contribution >= 0.6 is 27.5 Å². The maximum atomic E-state index is 13.7. The predicted octanol–water partition coefficient (Wildman–Crippen LogP) is 3.86. The number of benzene rings is 1. The minimum atomic E-state index is -0.376. The number of rotatable bonds is 3. The van der Waals surface area contributed by atoms with E-state index in [1.165, 1.54) is 22.7 Å². The summed E-state index contributed by atoms with van der Waals surface area (Å²) in [5.74, 6) is -0.376. The van der Waals surface area contributed by atoms with Crippen LogP contribution in [0.5, 0.6) is 0 Å². The maximum absolute atomic E-state index is 13.7. The molecule has 0 saturated heterocycles. The molecule has 112 valence electrons. The maximum Gasteiger partial charge on any atom is 0.258 e. The van der Waals surface area contributed by atoms with E-state index in [0.29, 0.717) is 26.5 Å². The summed E-state index contributed by atoms with van der Waals surface area (Å²) < 4.78 is 15.8. The van der Waals surface area contributed by atoms with Gasteiger partial charge in [-0.2, -0.15) is 0 Å². The highest BCUT2D eigenvalue weighted by Crippen LogP contribution is 2.19. The standard InChI is InChI=1S/C15H10BrClFN3O/c16-9-1-3-13(12(18)5-9)19-7-11-6-15(22)21-8-10(17)2-4-14(21)20-11/h1-6,8,19H,7H2. The minimum Gasteiger partial charge on any atom is -0.377 e. The summed E-state index contributed by atoms with van der Waals surface area (Å²) in [6.45, 7) is 0.243. The third-order valence-corrected chi connectivity index (χ3v) is 3.78. The highest BCUT2D eigenvalue weighted by atomic mass is 79.9. The lowest BCUT2D eigenvalue weighted by atomic mass is 10.3. The third kappa shape index (κ3) is 3.13. The van der Waals surface area contributed by atoms with Crippen LogP contribution in [0.4, 0.5) is 10.1 Å². The molecule has 1 aromatic carbocycles. The molecule has 0 atom stereocenters. The lowest BCUT2D eigenvalue weighted by Gasteiger charge is -2.08. The summed E-state index contributed by atoms with van der Waals surface area (Å²) >= 11 is 9.06. The van der Waals surface area contributed by atoms with Crippen molar-refractivity contribution in [1.29, 1.82) is 0 Å². The second kappa shape index (κ2) is 6.06. The van der Waals surface area contributed by atoms with Gasteiger partial charge < -0.3 is 5.32 Å². The van der Waals surface area contributed by atoms with E-state index in [0.717, 1.165) is 0 Å². The van der Waals surface area contributed by atoms with Gasteiger partial charge in [-0.15, -0.1) is 0 Å². The van der Waals surface area contributed by atoms with Crippen molar-refractivity contribution in [3.63, 3.8) is 0 Å². The number of nitrogens with one attached hydrogen (secondary N) is 1. The molecule has 0 aliphatic rings. The first-order valence-electron chi connectivity index (χ1n) is 6.40. The van der Waals surface area contributed by atoms with E-state index < -0.39 is 0 Å². The van der Waals surface area contributed by atoms with Crippen LogP contribution < -0.4 is 10.9 Å². The zero-order valence-electron chi connectivity index (χ0n) is 11.2. The molecule has 0 spiro atoms. The molecule has 0 unspecified atom stereocenters. The molecular weight excluding hydrogens is 373 g/mol. The quantitative estimate of drug-likeness (QED) is 0.748. The van der Waals surface area contributed by atoms with E-state index in [2.05, 4.69) is 26.2 Å². The monoisotopic (exact) mass is 381 g/mol. The van der Waals surface area contributed by atoms with E-state index in [1.807, 2.05) is 0 Å². The second-order valence-corrected chi connectivity index (χ2v) is 5.99. The molecule has 3 rings (SSSR count). The largest absolute Gasteiger partial charge is 0.377 e. The Hall–Kier alpha value is -1.92. The van der Waals surface area contributed by atoms with Gasteiger partial charge in [-0.25, -0.2) is 9.37 Å². The molecular formula is C15H10BrClFN3O. The normalized spacial score (nSPS) is 10.9. The number of fused-ring (bicyclic) bond motifs is 1. The summed E-state index contributed by atoms with van der Waals surface area (Å²) in [5, 5.41) is 3.38. The second-order valence-electron chi connectivity index (χ2n) is 4.64. The van der Waals surface area contributed by atoms with Gasteiger partial charge >= 0.3 is 0 Å². The van der Waals surface area contributed by atoms with Crippen molar-refractivity contribution in [3.05, 3.63) is 74.0 Å². The molecule has 2 aromatic heterocycles. The molecule has 4 nitrogen and oxygen atoms in total. The van der Waals surface area contributed by atoms with E-state index in [1.54, 1.807) is 24.3 Å². The van der Waals surface area contributed by atoms with E-state index in [4.69, 9.17) is 11.6 Å².